The van der Waals surface area contributed by atoms with Gasteiger partial charge in [0.1, 0.15) is 19.0 Å². The number of hydrogen-bond donors (Lipinski definition) is 1. The molecule has 4 rings (SSSR count). The number of nitrogens with one attached hydrogen (secondary N) is 1. The fraction of sp³-hybridized carbons (Fsp3) is 0.364. The second-order valence-corrected chi connectivity index (χ2v) is 8.47. The maximum absolute atomic E-state index is 14.7. The molecule has 6 nitrogen and oxygen atoms in total. The topological polar surface area (TPSA) is 67.9 Å². The van der Waals surface area contributed by atoms with E-state index in [-0.39, 0.29) is 38.0 Å². The van der Waals surface area contributed by atoms with E-state index in [0.717, 1.165) is 5.56 Å². The van der Waals surface area contributed by atoms with E-state index in [1.54, 1.807) is 23.1 Å². The molecular formula is C22H22BrFN2O4. The Morgan fingerprint density at radius 2 is 2.07 bits per heavy atom. The van der Waals surface area contributed by atoms with Crippen LogP contribution in [-0.4, -0.2) is 48.2 Å². The minimum absolute atomic E-state index is 0.0157. The first kappa shape index (κ1) is 20.8. The van der Waals surface area contributed by atoms with Gasteiger partial charge in [-0.05, 0) is 46.0 Å². The molecule has 0 aromatic heterocycles. The number of benzene rings is 2. The summed E-state index contributed by atoms with van der Waals surface area (Å²) in [5.74, 6) is -0.610. The lowest BCUT2D eigenvalue weighted by Crippen LogP contribution is -2.64. The lowest BCUT2D eigenvalue weighted by Gasteiger charge is -2.40. The second-order valence-electron chi connectivity index (χ2n) is 7.61. The molecule has 2 heterocycles. The fourth-order valence-corrected chi connectivity index (χ4v) is 4.58. The van der Waals surface area contributed by atoms with Crippen LogP contribution in [0.1, 0.15) is 17.5 Å². The van der Waals surface area contributed by atoms with Crippen molar-refractivity contribution in [2.45, 2.75) is 31.0 Å². The molecule has 2 aromatic carbocycles. The summed E-state index contributed by atoms with van der Waals surface area (Å²) in [5.41, 5.74) is 0.565. The van der Waals surface area contributed by atoms with E-state index < -0.39 is 17.7 Å². The molecule has 0 unspecified atom stereocenters. The van der Waals surface area contributed by atoms with Crippen molar-refractivity contribution in [3.8, 4) is 0 Å². The molecule has 2 aliphatic heterocycles. The molecule has 158 valence electrons. The summed E-state index contributed by atoms with van der Waals surface area (Å²) in [6, 6.07) is 14.0. The molecular weight excluding hydrogens is 455 g/mol. The van der Waals surface area contributed by atoms with Crippen molar-refractivity contribution in [3.05, 3.63) is 69.9 Å². The van der Waals surface area contributed by atoms with Gasteiger partial charge in [-0.15, -0.1) is 0 Å². The Balaban J connectivity index is 1.57. The molecule has 0 saturated carbocycles. The van der Waals surface area contributed by atoms with Crippen LogP contribution in [0.25, 0.3) is 0 Å². The summed E-state index contributed by atoms with van der Waals surface area (Å²) in [4.78, 5) is 26.6. The van der Waals surface area contributed by atoms with Crippen molar-refractivity contribution in [2.75, 3.05) is 19.8 Å². The van der Waals surface area contributed by atoms with E-state index in [1.165, 1.54) is 0 Å². The first-order valence-electron chi connectivity index (χ1n) is 9.77. The molecule has 2 saturated heterocycles. The Morgan fingerprint density at radius 3 is 2.83 bits per heavy atom. The van der Waals surface area contributed by atoms with E-state index in [4.69, 9.17) is 9.47 Å². The van der Waals surface area contributed by atoms with Gasteiger partial charge in [-0.1, -0.05) is 42.5 Å². The van der Waals surface area contributed by atoms with E-state index in [0.29, 0.717) is 23.0 Å². The van der Waals surface area contributed by atoms with Gasteiger partial charge in [0.2, 0.25) is 5.91 Å². The van der Waals surface area contributed by atoms with Crippen LogP contribution in [-0.2, 0) is 27.3 Å². The van der Waals surface area contributed by atoms with Crippen LogP contribution >= 0.6 is 15.9 Å². The van der Waals surface area contributed by atoms with Crippen LogP contribution in [0.4, 0.5) is 9.18 Å². The van der Waals surface area contributed by atoms with Crippen molar-refractivity contribution in [1.82, 2.24) is 10.2 Å². The number of carbonyl (C=O) groups is 2. The first-order chi connectivity index (χ1) is 14.5. The average molecular weight is 477 g/mol. The van der Waals surface area contributed by atoms with E-state index in [1.807, 2.05) is 30.3 Å². The number of carbonyl (C=O) groups excluding carboxylic acids is 2. The van der Waals surface area contributed by atoms with Crippen molar-refractivity contribution in [1.29, 1.82) is 0 Å². The average Bonchev–Trinajstić information content (AvgIpc) is 3.07. The summed E-state index contributed by atoms with van der Waals surface area (Å²) in [6.07, 6.45) is 0.255. The number of rotatable bonds is 4. The highest BCUT2D eigenvalue weighted by Crippen LogP contribution is 2.35. The highest BCUT2D eigenvalue weighted by molar-refractivity contribution is 9.10. The largest absolute Gasteiger partial charge is 0.445 e. The van der Waals surface area contributed by atoms with E-state index >= 15 is 0 Å². The maximum atomic E-state index is 14.7. The zero-order valence-electron chi connectivity index (χ0n) is 16.3. The normalized spacial score (nSPS) is 23.5. The van der Waals surface area contributed by atoms with Crippen LogP contribution in [0.3, 0.4) is 0 Å². The standard InChI is InChI=1S/C22H22BrFN2O4/c23-17-8-4-7-16(20(17)24)11-18-22(14-29-13-19(27)25-22)9-10-26(18)21(28)30-12-15-5-2-1-3-6-15/h1-8,18H,9-14H2,(H,25,27)/t18-,22+/m0/s1. The molecule has 0 aliphatic carbocycles. The van der Waals surface area contributed by atoms with Crippen molar-refractivity contribution in [2.24, 2.45) is 0 Å². The second kappa shape index (κ2) is 8.73. The SMILES string of the molecule is O=C1COC[C@@]2(CCN(C(=O)OCc3ccccc3)[C@H]2Cc2cccc(Br)c2F)N1. The Bertz CT molecular complexity index is 942. The fourth-order valence-electron chi connectivity index (χ4n) is 4.17. The number of nitrogens with zero attached hydrogens (tertiary/aromatic N) is 1. The molecule has 2 fully saturated rings. The smallest absolute Gasteiger partial charge is 0.410 e. The third kappa shape index (κ3) is 4.20. The van der Waals surface area contributed by atoms with E-state index in [9.17, 15) is 14.0 Å². The van der Waals surface area contributed by atoms with Gasteiger partial charge in [0.05, 0.1) is 22.7 Å². The molecule has 2 aliphatic rings. The first-order valence-corrected chi connectivity index (χ1v) is 10.6. The molecule has 2 aromatic rings. The lowest BCUT2D eigenvalue weighted by molar-refractivity contribution is -0.136. The van der Waals surface area contributed by atoms with Gasteiger partial charge >= 0.3 is 6.09 Å². The summed E-state index contributed by atoms with van der Waals surface area (Å²) < 4.78 is 26.1. The van der Waals surface area contributed by atoms with Crippen LogP contribution in [0, 0.1) is 5.82 Å². The number of hydrogen-bond acceptors (Lipinski definition) is 4. The number of ether oxygens (including phenoxy) is 2. The summed E-state index contributed by atoms with van der Waals surface area (Å²) >= 11 is 3.21. The van der Waals surface area contributed by atoms with Gasteiger partial charge in [-0.25, -0.2) is 9.18 Å². The zero-order valence-corrected chi connectivity index (χ0v) is 17.9. The molecule has 30 heavy (non-hydrogen) atoms. The van der Waals surface area contributed by atoms with Crippen LogP contribution in [0.15, 0.2) is 53.0 Å². The predicted octanol–water partition coefficient (Wildman–Crippen LogP) is 3.43. The van der Waals surface area contributed by atoms with Gasteiger partial charge in [0.15, 0.2) is 0 Å². The zero-order chi connectivity index (χ0) is 21.1. The Morgan fingerprint density at radius 1 is 1.27 bits per heavy atom. The lowest BCUT2D eigenvalue weighted by atomic mass is 9.86. The highest BCUT2D eigenvalue weighted by Gasteiger charge is 2.52. The molecule has 0 bridgehead atoms. The quantitative estimate of drug-likeness (QED) is 0.733. The van der Waals surface area contributed by atoms with Crippen LogP contribution in [0.5, 0.6) is 0 Å². The van der Waals surface area contributed by atoms with Crippen molar-refractivity contribution in [3.63, 3.8) is 0 Å². The summed E-state index contributed by atoms with van der Waals surface area (Å²) in [7, 11) is 0. The van der Waals surface area contributed by atoms with Gasteiger partial charge in [0.25, 0.3) is 0 Å². The molecule has 2 atom stereocenters. The van der Waals surface area contributed by atoms with Gasteiger partial charge < -0.3 is 19.7 Å². The molecule has 1 spiro atoms. The van der Waals surface area contributed by atoms with Gasteiger partial charge in [0, 0.05) is 6.54 Å². The van der Waals surface area contributed by atoms with Gasteiger partial charge in [-0.2, -0.15) is 0 Å². The molecule has 1 N–H and O–H groups in total. The van der Waals surface area contributed by atoms with Crippen molar-refractivity contribution < 1.29 is 23.5 Å². The summed E-state index contributed by atoms with van der Waals surface area (Å²) in [6.45, 7) is 0.779. The van der Waals surface area contributed by atoms with Crippen LogP contribution < -0.4 is 5.32 Å². The predicted molar refractivity (Wildman–Crippen MR) is 111 cm³/mol. The highest BCUT2D eigenvalue weighted by atomic mass is 79.9. The van der Waals surface area contributed by atoms with Gasteiger partial charge in [-0.3, -0.25) is 4.79 Å². The van der Waals surface area contributed by atoms with Crippen LogP contribution in [0.2, 0.25) is 0 Å². The number of morpholine rings is 1. The third-order valence-electron chi connectivity index (χ3n) is 5.68. The molecule has 2 amide bonds. The molecule has 0 radical (unpaired) electrons. The van der Waals surface area contributed by atoms with E-state index in [2.05, 4.69) is 21.2 Å². The monoisotopic (exact) mass is 476 g/mol. The Kier molecular flexibility index (Phi) is 6.06. The Labute approximate surface area is 182 Å². The minimum Gasteiger partial charge on any atom is -0.445 e. The third-order valence-corrected chi connectivity index (χ3v) is 6.29. The maximum Gasteiger partial charge on any atom is 0.410 e. The van der Waals surface area contributed by atoms with Crippen molar-refractivity contribution >= 4 is 27.9 Å². The number of halogens is 2. The summed E-state index contributed by atoms with van der Waals surface area (Å²) in [5, 5.41) is 3.01. The Hall–Kier alpha value is -2.45. The molecule has 8 heteroatoms. The number of likely N-dealkylation sites (tertiary alicyclic amines) is 1. The number of amides is 2. The minimum atomic E-state index is -0.768.